The number of hydrogen-bond acceptors (Lipinski definition) is 6. The van der Waals surface area contributed by atoms with Crippen LogP contribution in [0.3, 0.4) is 0 Å². The van der Waals surface area contributed by atoms with Crippen LogP contribution in [-0.2, 0) is 4.79 Å². The molecule has 3 aromatic rings. The SMILES string of the molecule is O=C1CCCC2=C1C(c1cccs1)n1nc(-c3ccc(O)cc3)nc1N2. The number of fused-ring (bicyclic) bond motifs is 1. The molecule has 1 aromatic carbocycles. The van der Waals surface area contributed by atoms with Gasteiger partial charge in [-0.1, -0.05) is 6.07 Å². The Morgan fingerprint density at radius 3 is 2.81 bits per heavy atom. The number of carbonyl (C=O) groups excluding carboxylic acids is 1. The average Bonchev–Trinajstić information content (AvgIpc) is 3.30. The van der Waals surface area contributed by atoms with E-state index in [-0.39, 0.29) is 17.6 Å². The van der Waals surface area contributed by atoms with Crippen molar-refractivity contribution in [3.63, 3.8) is 0 Å². The summed E-state index contributed by atoms with van der Waals surface area (Å²) in [5.41, 5.74) is 2.60. The minimum absolute atomic E-state index is 0.185. The van der Waals surface area contributed by atoms with Crippen molar-refractivity contribution >= 4 is 23.1 Å². The number of allylic oxidation sites excluding steroid dienone is 2. The van der Waals surface area contributed by atoms with E-state index in [0.717, 1.165) is 34.6 Å². The number of phenolic OH excluding ortho intramolecular Hbond substituents is 1. The highest BCUT2D eigenvalue weighted by Gasteiger charge is 2.37. The maximum atomic E-state index is 12.7. The molecule has 5 rings (SSSR count). The van der Waals surface area contributed by atoms with Gasteiger partial charge in [0.2, 0.25) is 5.95 Å². The van der Waals surface area contributed by atoms with Gasteiger partial charge in [0.1, 0.15) is 11.8 Å². The molecule has 2 aliphatic rings. The summed E-state index contributed by atoms with van der Waals surface area (Å²) in [6.45, 7) is 0. The van der Waals surface area contributed by atoms with Crippen molar-refractivity contribution in [3.8, 4) is 17.1 Å². The molecule has 0 amide bonds. The molecule has 2 N–H and O–H groups in total. The van der Waals surface area contributed by atoms with E-state index >= 15 is 0 Å². The summed E-state index contributed by atoms with van der Waals surface area (Å²) < 4.78 is 1.82. The van der Waals surface area contributed by atoms with Gasteiger partial charge in [0.25, 0.3) is 0 Å². The van der Waals surface area contributed by atoms with Crippen molar-refractivity contribution in [2.45, 2.75) is 25.3 Å². The molecule has 0 spiro atoms. The smallest absolute Gasteiger partial charge is 0.226 e. The first-order valence-corrected chi connectivity index (χ1v) is 9.41. The van der Waals surface area contributed by atoms with Gasteiger partial charge in [-0.3, -0.25) is 4.79 Å². The van der Waals surface area contributed by atoms with Gasteiger partial charge in [-0.15, -0.1) is 16.4 Å². The molecule has 0 bridgehead atoms. The average molecular weight is 364 g/mol. The molecule has 7 heteroatoms. The predicted molar refractivity (Wildman–Crippen MR) is 99.1 cm³/mol. The van der Waals surface area contributed by atoms with Crippen LogP contribution in [0.5, 0.6) is 5.75 Å². The fourth-order valence-electron chi connectivity index (χ4n) is 3.60. The Hall–Kier alpha value is -2.93. The quantitative estimate of drug-likeness (QED) is 0.724. The van der Waals surface area contributed by atoms with Gasteiger partial charge in [-0.2, -0.15) is 4.98 Å². The number of nitrogens with one attached hydrogen (secondary N) is 1. The van der Waals surface area contributed by atoms with E-state index in [0.29, 0.717) is 18.2 Å². The largest absolute Gasteiger partial charge is 0.508 e. The number of aromatic hydroxyl groups is 1. The topological polar surface area (TPSA) is 80.0 Å². The van der Waals surface area contributed by atoms with Crippen molar-refractivity contribution in [1.29, 1.82) is 0 Å². The summed E-state index contributed by atoms with van der Waals surface area (Å²) >= 11 is 1.62. The summed E-state index contributed by atoms with van der Waals surface area (Å²) in [6, 6.07) is 10.6. The van der Waals surface area contributed by atoms with E-state index in [9.17, 15) is 9.90 Å². The molecule has 0 radical (unpaired) electrons. The fourth-order valence-corrected chi connectivity index (χ4v) is 4.42. The van der Waals surface area contributed by atoms with Crippen LogP contribution < -0.4 is 5.32 Å². The summed E-state index contributed by atoms with van der Waals surface area (Å²) in [5.74, 6) is 1.61. The molecule has 2 aromatic heterocycles. The Morgan fingerprint density at radius 1 is 1.19 bits per heavy atom. The van der Waals surface area contributed by atoms with Gasteiger partial charge in [0, 0.05) is 28.1 Å². The zero-order chi connectivity index (χ0) is 17.7. The van der Waals surface area contributed by atoms with Crippen LogP contribution in [0.1, 0.15) is 30.2 Å². The molecule has 1 aliphatic carbocycles. The number of thiophene rings is 1. The van der Waals surface area contributed by atoms with Crippen molar-refractivity contribution in [1.82, 2.24) is 14.8 Å². The van der Waals surface area contributed by atoms with Gasteiger partial charge in [0.15, 0.2) is 11.6 Å². The highest BCUT2D eigenvalue weighted by molar-refractivity contribution is 7.10. The molecule has 1 aliphatic heterocycles. The third-order valence-electron chi connectivity index (χ3n) is 4.81. The molecular formula is C19H16N4O2S. The van der Waals surface area contributed by atoms with E-state index in [4.69, 9.17) is 5.10 Å². The summed E-state index contributed by atoms with van der Waals surface area (Å²) in [6.07, 6.45) is 2.29. The lowest BCUT2D eigenvalue weighted by molar-refractivity contribution is -0.116. The predicted octanol–water partition coefficient (Wildman–Crippen LogP) is 3.73. The van der Waals surface area contributed by atoms with Crippen molar-refractivity contribution in [2.75, 3.05) is 5.32 Å². The molecule has 1 atom stereocenters. The first kappa shape index (κ1) is 15.3. The van der Waals surface area contributed by atoms with Gasteiger partial charge < -0.3 is 10.4 Å². The molecule has 0 saturated heterocycles. The third kappa shape index (κ3) is 2.35. The number of benzene rings is 1. The second-order valence-corrected chi connectivity index (χ2v) is 7.44. The van der Waals surface area contributed by atoms with Crippen LogP contribution >= 0.6 is 11.3 Å². The van der Waals surface area contributed by atoms with Gasteiger partial charge in [0.05, 0.1) is 0 Å². The number of aromatic nitrogens is 3. The molecule has 26 heavy (non-hydrogen) atoms. The number of Topliss-reactive ketones (excluding diaryl/α,β-unsaturated/α-hetero) is 1. The van der Waals surface area contributed by atoms with E-state index < -0.39 is 0 Å². The second-order valence-electron chi connectivity index (χ2n) is 6.46. The highest BCUT2D eigenvalue weighted by atomic mass is 32.1. The van der Waals surface area contributed by atoms with Crippen LogP contribution in [0.2, 0.25) is 0 Å². The Morgan fingerprint density at radius 2 is 2.04 bits per heavy atom. The van der Waals surface area contributed by atoms with Crippen molar-refractivity contribution in [3.05, 3.63) is 57.9 Å². The lowest BCUT2D eigenvalue weighted by Gasteiger charge is -2.31. The maximum absolute atomic E-state index is 12.7. The molecular weight excluding hydrogens is 348 g/mol. The van der Waals surface area contributed by atoms with Crippen LogP contribution in [0.15, 0.2) is 53.0 Å². The van der Waals surface area contributed by atoms with Crippen LogP contribution in [0.25, 0.3) is 11.4 Å². The Bertz CT molecular complexity index is 1020. The van der Waals surface area contributed by atoms with Gasteiger partial charge in [-0.05, 0) is 48.6 Å². The second kappa shape index (κ2) is 5.81. The number of rotatable bonds is 2. The van der Waals surface area contributed by atoms with Crippen LogP contribution in [-0.4, -0.2) is 25.7 Å². The lowest BCUT2D eigenvalue weighted by Crippen LogP contribution is -2.31. The summed E-state index contributed by atoms with van der Waals surface area (Å²) in [7, 11) is 0. The maximum Gasteiger partial charge on any atom is 0.226 e. The number of hydrogen-bond donors (Lipinski definition) is 2. The standard InChI is InChI=1S/C19H16N4O2S/c24-12-8-6-11(7-9-12)18-21-19-20-13-3-1-4-14(25)16(13)17(23(19)22-18)15-5-2-10-26-15/h2,5-10,17,24H,1,3-4H2,(H,20,21,22). The van der Waals surface area contributed by atoms with Crippen molar-refractivity contribution in [2.24, 2.45) is 0 Å². The summed E-state index contributed by atoms with van der Waals surface area (Å²) in [4.78, 5) is 18.4. The molecule has 3 heterocycles. The minimum Gasteiger partial charge on any atom is -0.508 e. The highest BCUT2D eigenvalue weighted by Crippen LogP contribution is 2.41. The number of ketones is 1. The van der Waals surface area contributed by atoms with E-state index in [1.807, 2.05) is 22.2 Å². The van der Waals surface area contributed by atoms with Crippen molar-refractivity contribution < 1.29 is 9.90 Å². The van der Waals surface area contributed by atoms with Crippen LogP contribution in [0.4, 0.5) is 5.95 Å². The Labute approximate surface area is 153 Å². The first-order chi connectivity index (χ1) is 12.7. The number of anilines is 1. The zero-order valence-corrected chi connectivity index (χ0v) is 14.7. The number of carbonyl (C=O) groups is 1. The lowest BCUT2D eigenvalue weighted by atomic mass is 9.88. The molecule has 1 unspecified atom stereocenters. The Kier molecular flexibility index (Phi) is 3.43. The number of phenols is 1. The van der Waals surface area contributed by atoms with E-state index in [1.165, 1.54) is 0 Å². The third-order valence-corrected chi connectivity index (χ3v) is 5.73. The summed E-state index contributed by atoms with van der Waals surface area (Å²) in [5, 5.41) is 19.5. The van der Waals surface area contributed by atoms with E-state index in [1.54, 1.807) is 35.6 Å². The molecule has 130 valence electrons. The zero-order valence-electron chi connectivity index (χ0n) is 13.8. The molecule has 6 nitrogen and oxygen atoms in total. The molecule has 0 fully saturated rings. The Balaban J connectivity index is 1.66. The fraction of sp³-hybridized carbons (Fsp3) is 0.211. The van der Waals surface area contributed by atoms with Gasteiger partial charge in [-0.25, -0.2) is 4.68 Å². The normalized spacial score (nSPS) is 19.1. The first-order valence-electron chi connectivity index (χ1n) is 8.53. The monoisotopic (exact) mass is 364 g/mol. The minimum atomic E-state index is -0.229. The van der Waals surface area contributed by atoms with Crippen LogP contribution in [0, 0.1) is 0 Å². The molecule has 0 saturated carbocycles. The number of nitrogens with zero attached hydrogens (tertiary/aromatic N) is 3. The van der Waals surface area contributed by atoms with E-state index in [2.05, 4.69) is 10.3 Å². The van der Waals surface area contributed by atoms with Gasteiger partial charge >= 0.3 is 0 Å².